The minimum atomic E-state index is 0.139. The lowest BCUT2D eigenvalue weighted by molar-refractivity contribution is 0.125. The number of para-hydroxylation sites is 3. The number of rotatable bonds is 2. The third-order valence-electron chi connectivity index (χ3n) is 8.54. The maximum atomic E-state index is 9.57. The summed E-state index contributed by atoms with van der Waals surface area (Å²) in [7, 11) is 0. The van der Waals surface area contributed by atoms with Gasteiger partial charge in [0, 0.05) is 44.0 Å². The van der Waals surface area contributed by atoms with Crippen molar-refractivity contribution in [3.63, 3.8) is 0 Å². The van der Waals surface area contributed by atoms with Gasteiger partial charge in [0.05, 0.1) is 33.7 Å². The van der Waals surface area contributed by atoms with Crippen LogP contribution in [0.3, 0.4) is 0 Å². The lowest BCUT2D eigenvalue weighted by atomic mass is 10.0. The summed E-state index contributed by atoms with van der Waals surface area (Å²) >= 11 is 0. The fourth-order valence-corrected chi connectivity index (χ4v) is 6.66. The largest absolute Gasteiger partial charge is 0.457 e. The second kappa shape index (κ2) is 9.01. The van der Waals surface area contributed by atoms with E-state index in [9.17, 15) is 5.26 Å². The zero-order valence-corrected chi connectivity index (χ0v) is 23.0. The molecule has 0 fully saturated rings. The summed E-state index contributed by atoms with van der Waals surface area (Å²) in [6.07, 6.45) is 0. The van der Waals surface area contributed by atoms with Crippen molar-refractivity contribution in [3.8, 4) is 40.1 Å². The maximum absolute atomic E-state index is 9.57. The highest BCUT2D eigenvalue weighted by atomic mass is 16.7. The van der Waals surface area contributed by atoms with E-state index in [1.165, 1.54) is 10.8 Å². The van der Waals surface area contributed by atoms with Crippen molar-refractivity contribution >= 4 is 43.6 Å². The van der Waals surface area contributed by atoms with Gasteiger partial charge in [0.1, 0.15) is 11.5 Å². The number of fused-ring (bicyclic) bond motifs is 9. The van der Waals surface area contributed by atoms with Crippen molar-refractivity contribution < 1.29 is 9.47 Å². The van der Waals surface area contributed by atoms with Crippen molar-refractivity contribution in [1.82, 2.24) is 9.13 Å². The maximum Gasteiger partial charge on any atom is 0.230 e. The molecule has 5 heteroatoms. The lowest BCUT2D eigenvalue weighted by Gasteiger charge is -2.14. The van der Waals surface area contributed by atoms with Gasteiger partial charge in [-0.05, 0) is 72.8 Å². The quantitative estimate of drug-likeness (QED) is 0.214. The minimum Gasteiger partial charge on any atom is -0.457 e. The Morgan fingerprint density at radius 3 is 1.47 bits per heavy atom. The van der Waals surface area contributed by atoms with Gasteiger partial charge in [0.2, 0.25) is 6.79 Å². The van der Waals surface area contributed by atoms with Gasteiger partial charge in [0.15, 0.2) is 0 Å². The first-order valence-corrected chi connectivity index (χ1v) is 14.2. The molecule has 0 spiro atoms. The Morgan fingerprint density at radius 2 is 0.953 bits per heavy atom. The van der Waals surface area contributed by atoms with E-state index in [1.807, 2.05) is 36.4 Å². The van der Waals surface area contributed by atoms with Gasteiger partial charge in [-0.25, -0.2) is 0 Å². The Balaban J connectivity index is 1.29. The topological polar surface area (TPSA) is 52.1 Å². The summed E-state index contributed by atoms with van der Waals surface area (Å²) < 4.78 is 16.8. The lowest BCUT2D eigenvalue weighted by Crippen LogP contribution is -2.03. The highest BCUT2D eigenvalue weighted by Crippen LogP contribution is 2.43. The van der Waals surface area contributed by atoms with Crippen LogP contribution in [-0.4, -0.2) is 15.9 Å². The zero-order valence-electron chi connectivity index (χ0n) is 23.0. The van der Waals surface area contributed by atoms with Gasteiger partial charge >= 0.3 is 0 Å². The van der Waals surface area contributed by atoms with E-state index >= 15 is 0 Å². The molecule has 9 rings (SSSR count). The van der Waals surface area contributed by atoms with E-state index in [1.54, 1.807) is 0 Å². The number of benzene rings is 6. The van der Waals surface area contributed by atoms with E-state index in [0.717, 1.165) is 66.8 Å². The van der Waals surface area contributed by atoms with Gasteiger partial charge in [-0.3, -0.25) is 0 Å². The van der Waals surface area contributed by atoms with Crippen LogP contribution in [0.15, 0.2) is 127 Å². The number of nitriles is 1. The standard InChI is InChI=1S/C38H23N3O2/c39-22-24-13-16-36-30(19-24)29-9-3-6-12-35(29)41(36)26-15-18-38-32(21-26)31-20-25(14-17-37(31)42-23-43-38)40-33-10-4-1-7-27(33)28-8-2-5-11-34(28)40/h1-21H,23H2. The van der Waals surface area contributed by atoms with Crippen LogP contribution in [0.5, 0.6) is 11.5 Å². The Hall–Kier alpha value is -5.99. The van der Waals surface area contributed by atoms with Gasteiger partial charge in [-0.2, -0.15) is 5.26 Å². The summed E-state index contributed by atoms with van der Waals surface area (Å²) in [6, 6.07) is 46.3. The molecule has 1 aliphatic heterocycles. The molecule has 3 heterocycles. The van der Waals surface area contributed by atoms with Crippen molar-refractivity contribution in [2.75, 3.05) is 6.79 Å². The van der Waals surface area contributed by atoms with Crippen molar-refractivity contribution in [3.05, 3.63) is 133 Å². The highest BCUT2D eigenvalue weighted by molar-refractivity contribution is 6.10. The fourth-order valence-electron chi connectivity index (χ4n) is 6.66. The number of aromatic nitrogens is 2. The Morgan fingerprint density at radius 1 is 0.488 bits per heavy atom. The van der Waals surface area contributed by atoms with Crippen LogP contribution < -0.4 is 9.47 Å². The molecule has 0 saturated carbocycles. The van der Waals surface area contributed by atoms with E-state index in [4.69, 9.17) is 9.47 Å². The molecule has 0 atom stereocenters. The average Bonchev–Trinajstić information content (AvgIpc) is 3.50. The summed E-state index contributed by atoms with van der Waals surface area (Å²) in [4.78, 5) is 0. The molecular formula is C38H23N3O2. The zero-order chi connectivity index (χ0) is 28.5. The Labute approximate surface area is 247 Å². The third-order valence-corrected chi connectivity index (χ3v) is 8.54. The predicted molar refractivity (Wildman–Crippen MR) is 171 cm³/mol. The van der Waals surface area contributed by atoms with Gasteiger partial charge in [-0.1, -0.05) is 54.6 Å². The summed E-state index contributed by atoms with van der Waals surface area (Å²) in [6.45, 7) is 0.139. The first kappa shape index (κ1) is 23.7. The molecule has 0 radical (unpaired) electrons. The van der Waals surface area contributed by atoms with Crippen molar-refractivity contribution in [2.45, 2.75) is 0 Å². The molecule has 0 unspecified atom stereocenters. The van der Waals surface area contributed by atoms with Crippen LogP contribution in [-0.2, 0) is 0 Å². The van der Waals surface area contributed by atoms with Crippen LogP contribution in [0.4, 0.5) is 0 Å². The van der Waals surface area contributed by atoms with E-state index in [-0.39, 0.29) is 6.79 Å². The third kappa shape index (κ3) is 3.44. The number of hydrogen-bond acceptors (Lipinski definition) is 3. The molecule has 0 N–H and O–H groups in total. The smallest absolute Gasteiger partial charge is 0.230 e. The molecule has 8 aromatic rings. The summed E-state index contributed by atoms with van der Waals surface area (Å²) in [5.74, 6) is 1.55. The molecule has 5 nitrogen and oxygen atoms in total. The average molecular weight is 554 g/mol. The molecule has 1 aliphatic rings. The second-order valence-electron chi connectivity index (χ2n) is 10.8. The van der Waals surface area contributed by atoms with Gasteiger partial charge < -0.3 is 18.6 Å². The molecule has 0 aliphatic carbocycles. The summed E-state index contributed by atoms with van der Waals surface area (Å²) in [5, 5.41) is 14.2. The number of nitrogens with zero attached hydrogens (tertiary/aromatic N) is 3. The van der Waals surface area contributed by atoms with Crippen LogP contribution in [0, 0.1) is 11.3 Å². The van der Waals surface area contributed by atoms with Crippen LogP contribution in [0.1, 0.15) is 5.56 Å². The van der Waals surface area contributed by atoms with E-state index < -0.39 is 0 Å². The first-order chi connectivity index (χ1) is 21.3. The van der Waals surface area contributed by atoms with Crippen LogP contribution >= 0.6 is 0 Å². The first-order valence-electron chi connectivity index (χ1n) is 14.2. The minimum absolute atomic E-state index is 0.139. The molecule has 2 aromatic heterocycles. The Bertz CT molecular complexity index is 2410. The number of ether oxygens (including phenoxy) is 2. The summed E-state index contributed by atoms with van der Waals surface area (Å²) in [5.41, 5.74) is 9.09. The molecule has 43 heavy (non-hydrogen) atoms. The molecule has 6 aromatic carbocycles. The van der Waals surface area contributed by atoms with Crippen molar-refractivity contribution in [2.24, 2.45) is 0 Å². The number of hydrogen-bond donors (Lipinski definition) is 0. The fraction of sp³-hybridized carbons (Fsp3) is 0.0263. The van der Waals surface area contributed by atoms with Gasteiger partial charge in [0.25, 0.3) is 0 Å². The highest BCUT2D eigenvalue weighted by Gasteiger charge is 2.21. The van der Waals surface area contributed by atoms with Crippen molar-refractivity contribution in [1.29, 1.82) is 5.26 Å². The monoisotopic (exact) mass is 553 g/mol. The predicted octanol–water partition coefficient (Wildman–Crippen LogP) is 9.15. The molecule has 0 amide bonds. The van der Waals surface area contributed by atoms with Crippen LogP contribution in [0.2, 0.25) is 0 Å². The Kier molecular flexibility index (Phi) is 4.96. The van der Waals surface area contributed by atoms with Gasteiger partial charge in [-0.15, -0.1) is 0 Å². The van der Waals surface area contributed by atoms with Crippen LogP contribution in [0.25, 0.3) is 66.1 Å². The van der Waals surface area contributed by atoms with E-state index in [2.05, 4.69) is 106 Å². The SMILES string of the molecule is N#Cc1ccc2c(c1)c1ccccc1n2-c1ccc2c(c1)-c1cc(-n3c4ccccc4c4ccccc43)ccc1OCO2. The molecule has 0 bridgehead atoms. The molecule has 0 saturated heterocycles. The molecule has 202 valence electrons. The second-order valence-corrected chi connectivity index (χ2v) is 10.8. The van der Waals surface area contributed by atoms with E-state index in [0.29, 0.717) is 5.56 Å². The normalized spacial score (nSPS) is 12.4. The molecular weight excluding hydrogens is 530 g/mol.